The summed E-state index contributed by atoms with van der Waals surface area (Å²) in [6, 6.07) is 12.2. The first-order chi connectivity index (χ1) is 14.4. The van der Waals surface area contributed by atoms with Crippen LogP contribution >= 0.6 is 23.2 Å². The second-order valence-electron chi connectivity index (χ2n) is 7.53. The van der Waals surface area contributed by atoms with E-state index in [-0.39, 0.29) is 37.4 Å². The molecule has 0 saturated carbocycles. The number of methoxy groups -OCH3 is 1. The summed E-state index contributed by atoms with van der Waals surface area (Å²) in [5.74, 6) is 0.234. The minimum Gasteiger partial charge on any atom is -0.496 e. The smallest absolute Gasteiger partial charge is 0.264 e. The quantitative estimate of drug-likeness (QED) is 0.362. The van der Waals surface area contributed by atoms with Crippen molar-refractivity contribution in [3.8, 4) is 5.75 Å². The molecular weight excluding hydrogens is 461 g/mol. The maximum atomic E-state index is 12.8. The van der Waals surface area contributed by atoms with Crippen LogP contribution in [0.15, 0.2) is 42.5 Å². The molecule has 0 aliphatic rings. The minimum atomic E-state index is -3.62. The van der Waals surface area contributed by atoms with E-state index in [1.54, 1.807) is 42.5 Å². The SMILES string of the molecule is COc1ccccc1CC(=O)C(=N)CC(C)(CCOS(C)(=O)=O)c1ccc(Cl)c(Cl)c1. The number of halogens is 2. The lowest BCUT2D eigenvalue weighted by molar-refractivity contribution is -0.112. The molecule has 31 heavy (non-hydrogen) atoms. The molecule has 0 heterocycles. The zero-order valence-electron chi connectivity index (χ0n) is 17.6. The topological polar surface area (TPSA) is 93.5 Å². The Morgan fingerprint density at radius 2 is 1.81 bits per heavy atom. The van der Waals surface area contributed by atoms with Gasteiger partial charge in [0.05, 0.1) is 35.7 Å². The van der Waals surface area contributed by atoms with E-state index in [4.69, 9.17) is 37.5 Å². The van der Waals surface area contributed by atoms with Gasteiger partial charge in [-0.25, -0.2) is 0 Å². The van der Waals surface area contributed by atoms with Gasteiger partial charge in [0.25, 0.3) is 10.1 Å². The number of carbonyl (C=O) groups excluding carboxylic acids is 1. The highest BCUT2D eigenvalue weighted by molar-refractivity contribution is 7.85. The minimum absolute atomic E-state index is 0.0279. The molecule has 0 fully saturated rings. The molecule has 0 radical (unpaired) electrons. The number of carbonyl (C=O) groups is 1. The summed E-state index contributed by atoms with van der Waals surface area (Å²) >= 11 is 12.2. The summed E-state index contributed by atoms with van der Waals surface area (Å²) in [4.78, 5) is 12.8. The number of benzene rings is 2. The Kier molecular flexibility index (Phi) is 8.65. The van der Waals surface area contributed by atoms with Crippen LogP contribution in [-0.4, -0.2) is 39.9 Å². The molecule has 168 valence electrons. The van der Waals surface area contributed by atoms with E-state index in [0.29, 0.717) is 21.4 Å². The van der Waals surface area contributed by atoms with E-state index in [1.807, 2.05) is 6.92 Å². The number of para-hydroxylation sites is 1. The van der Waals surface area contributed by atoms with Gasteiger partial charge in [-0.3, -0.25) is 8.98 Å². The lowest BCUT2D eigenvalue weighted by Crippen LogP contribution is -2.31. The lowest BCUT2D eigenvalue weighted by atomic mass is 9.75. The van der Waals surface area contributed by atoms with Crippen LogP contribution in [-0.2, 0) is 30.9 Å². The fraction of sp³-hybridized carbons (Fsp3) is 0.364. The molecule has 1 atom stereocenters. The molecule has 0 amide bonds. The van der Waals surface area contributed by atoms with Crippen LogP contribution in [0.1, 0.15) is 30.9 Å². The molecule has 0 spiro atoms. The largest absolute Gasteiger partial charge is 0.496 e. The molecule has 1 unspecified atom stereocenters. The second kappa shape index (κ2) is 10.6. The normalized spacial score (nSPS) is 13.5. The van der Waals surface area contributed by atoms with Gasteiger partial charge in [-0.05, 0) is 30.2 Å². The monoisotopic (exact) mass is 485 g/mol. The maximum absolute atomic E-state index is 12.8. The van der Waals surface area contributed by atoms with Crippen LogP contribution < -0.4 is 4.74 Å². The zero-order chi connectivity index (χ0) is 23.2. The van der Waals surface area contributed by atoms with E-state index in [9.17, 15) is 13.2 Å². The third-order valence-corrected chi connectivity index (χ3v) is 6.35. The molecule has 2 aromatic carbocycles. The molecule has 6 nitrogen and oxygen atoms in total. The molecule has 0 bridgehead atoms. The maximum Gasteiger partial charge on any atom is 0.264 e. The predicted octanol–water partition coefficient (Wildman–Crippen LogP) is 4.85. The van der Waals surface area contributed by atoms with Crippen LogP contribution in [0, 0.1) is 5.41 Å². The number of Topliss-reactive ketones (excluding diaryl/α,β-unsaturated/α-hetero) is 1. The third-order valence-electron chi connectivity index (χ3n) is 5.01. The molecule has 0 saturated heterocycles. The number of ketones is 1. The van der Waals surface area contributed by atoms with Crippen LogP contribution in [0.3, 0.4) is 0 Å². The number of hydrogen-bond acceptors (Lipinski definition) is 6. The summed E-state index contributed by atoms with van der Waals surface area (Å²) in [7, 11) is -2.09. The second-order valence-corrected chi connectivity index (χ2v) is 9.99. The van der Waals surface area contributed by atoms with Crippen molar-refractivity contribution in [3.05, 3.63) is 63.6 Å². The molecule has 0 aromatic heterocycles. The van der Waals surface area contributed by atoms with Crippen molar-refractivity contribution < 1.29 is 22.1 Å². The average Bonchev–Trinajstić information content (AvgIpc) is 2.69. The summed E-state index contributed by atoms with van der Waals surface area (Å²) < 4.78 is 32.9. The molecule has 2 rings (SSSR count). The van der Waals surface area contributed by atoms with Crippen LogP contribution in [0.5, 0.6) is 5.75 Å². The Hall–Kier alpha value is -1.93. The number of ether oxygens (including phenoxy) is 1. The number of rotatable bonds is 11. The van der Waals surface area contributed by atoms with E-state index in [1.165, 1.54) is 7.11 Å². The van der Waals surface area contributed by atoms with Crippen molar-refractivity contribution in [2.24, 2.45) is 0 Å². The van der Waals surface area contributed by atoms with E-state index >= 15 is 0 Å². The first-order valence-electron chi connectivity index (χ1n) is 9.47. The summed E-state index contributed by atoms with van der Waals surface area (Å²) in [6.45, 7) is 1.74. The number of nitrogens with one attached hydrogen (secondary N) is 1. The van der Waals surface area contributed by atoms with Crippen molar-refractivity contribution in [3.63, 3.8) is 0 Å². The lowest BCUT2D eigenvalue weighted by Gasteiger charge is -2.30. The van der Waals surface area contributed by atoms with Gasteiger partial charge in [-0.1, -0.05) is 54.4 Å². The van der Waals surface area contributed by atoms with Gasteiger partial charge in [0.15, 0.2) is 5.78 Å². The van der Waals surface area contributed by atoms with Crippen molar-refractivity contribution in [1.82, 2.24) is 0 Å². The van der Waals surface area contributed by atoms with Gasteiger partial charge in [0.2, 0.25) is 0 Å². The fourth-order valence-electron chi connectivity index (χ4n) is 3.24. The molecule has 2 aromatic rings. The van der Waals surface area contributed by atoms with Gasteiger partial charge in [-0.15, -0.1) is 0 Å². The third kappa shape index (κ3) is 7.31. The average molecular weight is 486 g/mol. The zero-order valence-corrected chi connectivity index (χ0v) is 19.9. The standard InChI is InChI=1S/C22H25Cl2NO5S/c1-22(10-11-30-31(3,27)28,16-8-9-17(23)18(24)13-16)14-19(25)20(26)12-15-6-4-5-7-21(15)29-2/h4-9,13,25H,10-12,14H2,1-3H3. The molecule has 0 aliphatic heterocycles. The predicted molar refractivity (Wildman–Crippen MR) is 123 cm³/mol. The molecule has 9 heteroatoms. The van der Waals surface area contributed by atoms with E-state index in [0.717, 1.165) is 11.8 Å². The Balaban J connectivity index is 2.25. The van der Waals surface area contributed by atoms with Gasteiger partial charge in [0.1, 0.15) is 5.75 Å². The first-order valence-corrected chi connectivity index (χ1v) is 12.0. The first kappa shape index (κ1) is 25.3. The van der Waals surface area contributed by atoms with Crippen molar-refractivity contribution >= 4 is 44.8 Å². The Labute approximate surface area is 193 Å². The Morgan fingerprint density at radius 3 is 2.42 bits per heavy atom. The highest BCUT2D eigenvalue weighted by atomic mass is 35.5. The van der Waals surface area contributed by atoms with Crippen LogP contribution in [0.4, 0.5) is 0 Å². The van der Waals surface area contributed by atoms with Gasteiger partial charge in [0, 0.05) is 23.8 Å². The molecule has 0 aliphatic carbocycles. The summed E-state index contributed by atoms with van der Waals surface area (Å²) in [6.07, 6.45) is 1.33. The van der Waals surface area contributed by atoms with Crippen molar-refractivity contribution in [1.29, 1.82) is 5.41 Å². The molecular formula is C22H25Cl2NO5S. The van der Waals surface area contributed by atoms with Crippen molar-refractivity contribution in [2.45, 2.75) is 31.6 Å². The summed E-state index contributed by atoms with van der Waals surface area (Å²) in [5, 5.41) is 9.13. The van der Waals surface area contributed by atoms with Gasteiger partial charge >= 0.3 is 0 Å². The van der Waals surface area contributed by atoms with Crippen molar-refractivity contribution in [2.75, 3.05) is 20.0 Å². The Morgan fingerprint density at radius 1 is 1.13 bits per heavy atom. The Bertz CT molecular complexity index is 1070. The van der Waals surface area contributed by atoms with Gasteiger partial charge < -0.3 is 10.1 Å². The summed E-state index contributed by atoms with van der Waals surface area (Å²) in [5.41, 5.74) is 0.566. The van der Waals surface area contributed by atoms with Gasteiger partial charge in [-0.2, -0.15) is 8.42 Å². The van der Waals surface area contributed by atoms with E-state index < -0.39 is 15.5 Å². The highest BCUT2D eigenvalue weighted by Crippen LogP contribution is 2.36. The van der Waals surface area contributed by atoms with Crippen LogP contribution in [0.25, 0.3) is 0 Å². The number of hydrogen-bond donors (Lipinski definition) is 1. The fourth-order valence-corrected chi connectivity index (χ4v) is 3.93. The van der Waals surface area contributed by atoms with Crippen LogP contribution in [0.2, 0.25) is 10.0 Å². The molecule has 1 N–H and O–H groups in total. The highest BCUT2D eigenvalue weighted by Gasteiger charge is 2.31. The van der Waals surface area contributed by atoms with E-state index in [2.05, 4.69) is 0 Å².